The van der Waals surface area contributed by atoms with E-state index in [4.69, 9.17) is 14.8 Å². The molecule has 0 bridgehead atoms. The summed E-state index contributed by atoms with van der Waals surface area (Å²) in [5, 5.41) is 16.8. The molecule has 0 spiro atoms. The van der Waals surface area contributed by atoms with E-state index in [2.05, 4.69) is 10.4 Å². The summed E-state index contributed by atoms with van der Waals surface area (Å²) in [6, 6.07) is 25.8. The lowest BCUT2D eigenvalue weighted by atomic mass is 10.0. The Kier molecular flexibility index (Phi) is 6.60. The number of ether oxygens (including phenoxy) is 1. The van der Waals surface area contributed by atoms with Crippen LogP contribution in [0.4, 0.5) is 10.6 Å². The molecule has 5 rings (SSSR count). The van der Waals surface area contributed by atoms with Gasteiger partial charge in [0, 0.05) is 5.56 Å². The molecule has 4 N–H and O–H groups in total. The monoisotopic (exact) mass is 509 g/mol. The average molecular weight is 510 g/mol. The quantitative estimate of drug-likeness (QED) is 0.259. The zero-order valence-corrected chi connectivity index (χ0v) is 20.3. The second kappa shape index (κ2) is 10.3. The Bertz CT molecular complexity index is 1680. The molecular weight excluding hydrogens is 486 g/mol. The normalized spacial score (nSPS) is 10.8. The van der Waals surface area contributed by atoms with Gasteiger partial charge in [-0.25, -0.2) is 9.78 Å². The molecule has 2 heterocycles. The number of nitrogens with one attached hydrogen (secondary N) is 3. The van der Waals surface area contributed by atoms with Crippen molar-refractivity contribution in [1.29, 1.82) is 0 Å². The van der Waals surface area contributed by atoms with Crippen molar-refractivity contribution in [2.75, 3.05) is 19.0 Å². The van der Waals surface area contributed by atoms with Gasteiger partial charge >= 0.3 is 6.09 Å². The minimum atomic E-state index is -1.34. The number of rotatable bonds is 7. The van der Waals surface area contributed by atoms with Crippen LogP contribution in [0.5, 0.6) is 5.75 Å². The first-order valence-electron chi connectivity index (χ1n) is 11.7. The maximum absolute atomic E-state index is 14.0. The van der Waals surface area contributed by atoms with Crippen molar-refractivity contribution in [3.05, 3.63) is 95.3 Å². The van der Waals surface area contributed by atoms with Crippen LogP contribution < -0.4 is 20.9 Å². The zero-order chi connectivity index (χ0) is 26.6. The van der Waals surface area contributed by atoms with Gasteiger partial charge in [0.05, 0.1) is 23.9 Å². The lowest BCUT2D eigenvalue weighted by molar-refractivity contribution is -0.115. The fourth-order valence-corrected chi connectivity index (χ4v) is 4.20. The third-order valence-electron chi connectivity index (χ3n) is 5.94. The number of aromatic amines is 1. The van der Waals surface area contributed by atoms with Crippen molar-refractivity contribution in [2.45, 2.75) is 0 Å². The number of carboxylic acid groups (broad SMARTS) is 1. The van der Waals surface area contributed by atoms with Crippen molar-refractivity contribution >= 4 is 23.5 Å². The van der Waals surface area contributed by atoms with Crippen LogP contribution in [0.3, 0.4) is 0 Å². The molecule has 0 saturated carbocycles. The zero-order valence-electron chi connectivity index (χ0n) is 20.3. The summed E-state index contributed by atoms with van der Waals surface area (Å²) in [6.45, 7) is -0.508. The number of hydrogen-bond donors (Lipinski definition) is 4. The second-order valence-corrected chi connectivity index (χ2v) is 8.33. The number of carbonyl (C=O) groups excluding carboxylic acids is 1. The molecule has 0 aliphatic rings. The largest absolute Gasteiger partial charge is 0.497 e. The van der Waals surface area contributed by atoms with Crippen LogP contribution in [0.1, 0.15) is 0 Å². The van der Waals surface area contributed by atoms with Crippen molar-refractivity contribution < 1.29 is 19.4 Å². The molecule has 0 fully saturated rings. The van der Waals surface area contributed by atoms with Gasteiger partial charge in [-0.05, 0) is 23.3 Å². The molecule has 0 aliphatic heterocycles. The van der Waals surface area contributed by atoms with Crippen LogP contribution in [0, 0.1) is 0 Å². The van der Waals surface area contributed by atoms with Crippen molar-refractivity contribution in [2.24, 2.45) is 0 Å². The van der Waals surface area contributed by atoms with Crippen LogP contribution in [-0.2, 0) is 4.79 Å². The maximum atomic E-state index is 14.0. The van der Waals surface area contributed by atoms with Crippen LogP contribution in [-0.4, -0.2) is 45.4 Å². The first-order chi connectivity index (χ1) is 18.5. The average Bonchev–Trinajstić information content (AvgIpc) is 3.33. The van der Waals surface area contributed by atoms with Gasteiger partial charge in [0.25, 0.3) is 5.56 Å². The molecule has 0 radical (unpaired) electrons. The topological polar surface area (TPSA) is 138 Å². The predicted molar refractivity (Wildman–Crippen MR) is 143 cm³/mol. The van der Waals surface area contributed by atoms with Crippen LogP contribution >= 0.6 is 0 Å². The highest BCUT2D eigenvalue weighted by atomic mass is 16.5. The molecule has 190 valence electrons. The third kappa shape index (κ3) is 4.70. The summed E-state index contributed by atoms with van der Waals surface area (Å²) in [5.41, 5.74) is 3.51. The van der Waals surface area contributed by atoms with Crippen molar-refractivity contribution in [3.63, 3.8) is 0 Å². The van der Waals surface area contributed by atoms with E-state index in [0.29, 0.717) is 28.2 Å². The van der Waals surface area contributed by atoms with Gasteiger partial charge in [-0.3, -0.25) is 14.7 Å². The van der Waals surface area contributed by atoms with Gasteiger partial charge in [-0.15, -0.1) is 0 Å². The summed E-state index contributed by atoms with van der Waals surface area (Å²) in [5.74, 6) is -0.0663. The fourth-order valence-electron chi connectivity index (χ4n) is 4.20. The smallest absolute Gasteiger partial charge is 0.405 e. The Balaban J connectivity index is 1.78. The fraction of sp³-hybridized carbons (Fsp3) is 0.0714. The molecule has 10 heteroatoms. The SMILES string of the molecule is COc1ccc(-c2c(NC(=O)CNC(=O)O)nc3c(-c4ccccc4)c(-c4ccccc4)[nH]n3c2=O)cc1. The van der Waals surface area contributed by atoms with E-state index in [1.807, 2.05) is 66.0 Å². The number of benzene rings is 3. The summed E-state index contributed by atoms with van der Waals surface area (Å²) < 4.78 is 6.59. The first-order valence-corrected chi connectivity index (χ1v) is 11.7. The summed E-state index contributed by atoms with van der Waals surface area (Å²) in [7, 11) is 1.54. The molecule has 0 saturated heterocycles. The van der Waals surface area contributed by atoms with Gasteiger partial charge in [-0.2, -0.15) is 4.52 Å². The molecule has 3 aromatic carbocycles. The summed E-state index contributed by atoms with van der Waals surface area (Å²) in [6.07, 6.45) is -1.34. The van der Waals surface area contributed by atoms with E-state index >= 15 is 0 Å². The Morgan fingerprint density at radius 1 is 0.895 bits per heavy atom. The molecule has 2 amide bonds. The van der Waals surface area contributed by atoms with Gasteiger partial charge < -0.3 is 20.5 Å². The number of nitrogens with zero attached hydrogens (tertiary/aromatic N) is 2. The molecule has 0 atom stereocenters. The van der Waals surface area contributed by atoms with Gasteiger partial charge in [0.15, 0.2) is 5.65 Å². The maximum Gasteiger partial charge on any atom is 0.405 e. The van der Waals surface area contributed by atoms with E-state index in [9.17, 15) is 14.4 Å². The third-order valence-corrected chi connectivity index (χ3v) is 5.94. The molecule has 10 nitrogen and oxygen atoms in total. The number of amides is 2. The number of carbonyl (C=O) groups is 2. The number of fused-ring (bicyclic) bond motifs is 1. The van der Waals surface area contributed by atoms with Crippen LogP contribution in [0.25, 0.3) is 39.2 Å². The van der Waals surface area contributed by atoms with E-state index in [-0.39, 0.29) is 11.4 Å². The molecule has 38 heavy (non-hydrogen) atoms. The van der Waals surface area contributed by atoms with Crippen molar-refractivity contribution in [3.8, 4) is 39.3 Å². The first kappa shape index (κ1) is 24.3. The molecule has 2 aromatic heterocycles. The molecular formula is C28H23N5O5. The number of methoxy groups -OCH3 is 1. The lowest BCUT2D eigenvalue weighted by Gasteiger charge is -2.12. The van der Waals surface area contributed by atoms with Crippen molar-refractivity contribution in [1.82, 2.24) is 19.9 Å². The number of H-pyrrole nitrogens is 1. The van der Waals surface area contributed by atoms with Gasteiger partial charge in [-0.1, -0.05) is 72.8 Å². The van der Waals surface area contributed by atoms with E-state index in [1.54, 1.807) is 24.3 Å². The van der Waals surface area contributed by atoms with E-state index < -0.39 is 24.1 Å². The Hall–Kier alpha value is -5.38. The Morgan fingerprint density at radius 2 is 1.50 bits per heavy atom. The number of hydrogen-bond acceptors (Lipinski definition) is 5. The van der Waals surface area contributed by atoms with Crippen LogP contribution in [0.2, 0.25) is 0 Å². The standard InChI is InChI=1S/C28H23N5O5/c1-38-20-14-12-18(13-15-20)23-25(30-21(34)16-29-28(36)37)31-26-22(17-8-4-2-5-9-17)24(32-33(26)27(23)35)19-10-6-3-7-11-19/h2-15,29,32H,16H2,1H3,(H,30,34)(H,36,37). The lowest BCUT2D eigenvalue weighted by Crippen LogP contribution is -2.32. The summed E-state index contributed by atoms with van der Waals surface area (Å²) in [4.78, 5) is 42.2. The Labute approximate surface area is 216 Å². The number of anilines is 1. The predicted octanol–water partition coefficient (Wildman–Crippen LogP) is 4.24. The highest BCUT2D eigenvalue weighted by Crippen LogP contribution is 2.35. The van der Waals surface area contributed by atoms with Crippen LogP contribution in [0.15, 0.2) is 89.7 Å². The highest BCUT2D eigenvalue weighted by Gasteiger charge is 2.23. The molecule has 0 unspecified atom stereocenters. The minimum absolute atomic E-state index is 0.00754. The van der Waals surface area contributed by atoms with E-state index in [1.165, 1.54) is 11.6 Å². The summed E-state index contributed by atoms with van der Waals surface area (Å²) >= 11 is 0. The molecule has 0 aliphatic carbocycles. The second-order valence-electron chi connectivity index (χ2n) is 8.33. The number of aromatic nitrogens is 3. The van der Waals surface area contributed by atoms with Gasteiger partial charge in [0.1, 0.15) is 18.1 Å². The van der Waals surface area contributed by atoms with E-state index in [0.717, 1.165) is 11.1 Å². The minimum Gasteiger partial charge on any atom is -0.497 e. The molecule has 5 aromatic rings. The van der Waals surface area contributed by atoms with Gasteiger partial charge in [0.2, 0.25) is 5.91 Å². The highest BCUT2D eigenvalue weighted by molar-refractivity contribution is 5.98. The Morgan fingerprint density at radius 3 is 2.11 bits per heavy atom.